The lowest BCUT2D eigenvalue weighted by Gasteiger charge is -2.17. The molecular formula is C19H16N2O3S. The minimum atomic E-state index is 0.313. The summed E-state index contributed by atoms with van der Waals surface area (Å²) >= 11 is 1.49. The molecule has 1 aromatic carbocycles. The summed E-state index contributed by atoms with van der Waals surface area (Å²) in [5.41, 5.74) is 2.29. The van der Waals surface area contributed by atoms with E-state index in [4.69, 9.17) is 13.9 Å². The normalized spacial score (nSPS) is 16.4. The van der Waals surface area contributed by atoms with Crippen LogP contribution in [-0.2, 0) is 15.2 Å². The molecule has 0 spiro atoms. The second-order valence-corrected chi connectivity index (χ2v) is 6.44. The molecule has 0 N–H and O–H groups in total. The molecule has 2 heterocycles. The first-order chi connectivity index (χ1) is 12.4. The number of thioether (sulfide) groups is 1. The number of hydrogen-bond donors (Lipinski definition) is 0. The maximum Gasteiger partial charge on any atom is 0.287 e. The molecule has 1 aromatic heterocycles. The van der Waals surface area contributed by atoms with Crippen LogP contribution in [0.15, 0.2) is 82.1 Å². The summed E-state index contributed by atoms with van der Waals surface area (Å²) in [5.74, 6) is 2.18. The number of rotatable bonds is 5. The highest BCUT2D eigenvalue weighted by Crippen LogP contribution is 2.31. The molecule has 2 aromatic rings. The number of ether oxygens (including phenoxy) is 2. The molecule has 126 valence electrons. The first kappa shape index (κ1) is 15.8. The number of nitrogens with zero attached hydrogens (tertiary/aromatic N) is 2. The van der Waals surface area contributed by atoms with Crippen molar-refractivity contribution in [1.29, 1.82) is 0 Å². The van der Waals surface area contributed by atoms with E-state index < -0.39 is 0 Å². The topological polar surface area (TPSA) is 57.4 Å². The monoisotopic (exact) mass is 352 g/mol. The molecule has 0 bridgehead atoms. The second-order valence-electron chi connectivity index (χ2n) is 5.51. The minimum Gasteiger partial charge on any atom is -0.465 e. The summed E-state index contributed by atoms with van der Waals surface area (Å²) in [6, 6.07) is 10.1. The zero-order valence-electron chi connectivity index (χ0n) is 13.4. The fourth-order valence-corrected chi connectivity index (χ4v) is 3.17. The molecule has 1 aliphatic carbocycles. The Morgan fingerprint density at radius 1 is 1.04 bits per heavy atom. The summed E-state index contributed by atoms with van der Waals surface area (Å²) in [6.07, 6.45) is 11.1. The minimum absolute atomic E-state index is 0.313. The van der Waals surface area contributed by atoms with Crippen LogP contribution in [0.1, 0.15) is 24.3 Å². The van der Waals surface area contributed by atoms with Gasteiger partial charge < -0.3 is 13.9 Å². The van der Waals surface area contributed by atoms with Crippen molar-refractivity contribution in [3.63, 3.8) is 0 Å². The van der Waals surface area contributed by atoms with Crippen LogP contribution in [0.4, 0.5) is 0 Å². The Balaban J connectivity index is 1.41. The highest BCUT2D eigenvalue weighted by atomic mass is 32.2. The van der Waals surface area contributed by atoms with Crippen LogP contribution in [0.5, 0.6) is 0 Å². The maximum atomic E-state index is 5.88. The van der Waals surface area contributed by atoms with Gasteiger partial charge in [0.25, 0.3) is 11.1 Å². The number of hydrogen-bond acceptors (Lipinski definition) is 6. The van der Waals surface area contributed by atoms with Gasteiger partial charge in [0, 0.05) is 5.75 Å². The van der Waals surface area contributed by atoms with E-state index in [-0.39, 0.29) is 0 Å². The fourth-order valence-electron chi connectivity index (χ4n) is 2.45. The second kappa shape index (κ2) is 7.44. The van der Waals surface area contributed by atoms with Gasteiger partial charge in [-0.1, -0.05) is 60.3 Å². The highest BCUT2D eigenvalue weighted by Gasteiger charge is 2.21. The van der Waals surface area contributed by atoms with Gasteiger partial charge in [0.1, 0.15) is 12.5 Å². The molecule has 0 atom stereocenters. The summed E-state index contributed by atoms with van der Waals surface area (Å²) < 4.78 is 17.0. The van der Waals surface area contributed by atoms with Gasteiger partial charge in [0.05, 0.1) is 0 Å². The summed E-state index contributed by atoms with van der Waals surface area (Å²) in [5, 5.41) is 8.63. The van der Waals surface area contributed by atoms with Gasteiger partial charge in [-0.15, -0.1) is 10.2 Å². The van der Waals surface area contributed by atoms with Gasteiger partial charge in [0.15, 0.2) is 5.76 Å². The van der Waals surface area contributed by atoms with E-state index in [1.54, 1.807) is 6.26 Å². The van der Waals surface area contributed by atoms with Gasteiger partial charge in [-0.2, -0.15) is 0 Å². The van der Waals surface area contributed by atoms with Crippen molar-refractivity contribution < 1.29 is 13.9 Å². The van der Waals surface area contributed by atoms with Crippen LogP contribution >= 0.6 is 11.8 Å². The first-order valence-corrected chi connectivity index (χ1v) is 8.97. The van der Waals surface area contributed by atoms with Crippen molar-refractivity contribution in [2.45, 2.75) is 23.8 Å². The van der Waals surface area contributed by atoms with Crippen molar-refractivity contribution in [2.75, 3.05) is 0 Å². The quantitative estimate of drug-likeness (QED) is 0.719. The van der Waals surface area contributed by atoms with Crippen molar-refractivity contribution in [3.8, 4) is 0 Å². The van der Waals surface area contributed by atoms with Gasteiger partial charge in [-0.25, -0.2) is 0 Å². The van der Waals surface area contributed by atoms with Crippen molar-refractivity contribution in [2.24, 2.45) is 0 Å². The van der Waals surface area contributed by atoms with Crippen molar-refractivity contribution in [3.05, 3.63) is 83.9 Å². The molecule has 4 rings (SSSR count). The standard InChI is InChI=1S/C19H16N2O3S/c1-3-7-14(8-4-1)13-25-19-21-20-18(24-19)17-12-22-11-16(23-17)15-9-5-2-6-10-15/h1-5,7-9,11-12H,6,10,13H2. The molecule has 0 saturated heterocycles. The van der Waals surface area contributed by atoms with Gasteiger partial charge in [-0.05, 0) is 24.0 Å². The molecule has 25 heavy (non-hydrogen) atoms. The van der Waals surface area contributed by atoms with E-state index in [1.165, 1.54) is 23.6 Å². The van der Waals surface area contributed by atoms with E-state index in [9.17, 15) is 0 Å². The highest BCUT2D eigenvalue weighted by molar-refractivity contribution is 7.98. The van der Waals surface area contributed by atoms with E-state index in [1.807, 2.05) is 30.4 Å². The maximum absolute atomic E-state index is 5.88. The number of allylic oxidation sites excluding steroid dienone is 4. The largest absolute Gasteiger partial charge is 0.465 e. The van der Waals surface area contributed by atoms with Crippen LogP contribution in [-0.4, -0.2) is 10.2 Å². The smallest absolute Gasteiger partial charge is 0.287 e. The first-order valence-electron chi connectivity index (χ1n) is 7.99. The average molecular weight is 352 g/mol. The van der Waals surface area contributed by atoms with Crippen LogP contribution < -0.4 is 0 Å². The Bertz CT molecular complexity index is 866. The molecule has 5 nitrogen and oxygen atoms in total. The lowest BCUT2D eigenvalue weighted by molar-refractivity contribution is 0.271. The molecule has 0 radical (unpaired) electrons. The van der Waals surface area contributed by atoms with Gasteiger partial charge in [-0.3, -0.25) is 0 Å². The molecule has 0 unspecified atom stereocenters. The molecule has 6 heteroatoms. The Hall–Kier alpha value is -2.73. The third kappa shape index (κ3) is 3.85. The summed E-state index contributed by atoms with van der Waals surface area (Å²) in [7, 11) is 0. The Morgan fingerprint density at radius 3 is 2.76 bits per heavy atom. The summed E-state index contributed by atoms with van der Waals surface area (Å²) in [4.78, 5) is 0. The molecule has 0 saturated carbocycles. The lowest BCUT2D eigenvalue weighted by atomic mass is 10.0. The molecule has 0 amide bonds. The molecule has 1 aliphatic heterocycles. The van der Waals surface area contributed by atoms with Gasteiger partial charge in [0.2, 0.25) is 5.76 Å². The predicted octanol–water partition coefficient (Wildman–Crippen LogP) is 4.82. The lowest BCUT2D eigenvalue weighted by Crippen LogP contribution is -2.03. The van der Waals surface area contributed by atoms with E-state index in [2.05, 4.69) is 28.4 Å². The van der Waals surface area contributed by atoms with Crippen molar-refractivity contribution in [1.82, 2.24) is 10.2 Å². The molecule has 0 fully saturated rings. The Morgan fingerprint density at radius 2 is 1.92 bits per heavy atom. The third-order valence-electron chi connectivity index (χ3n) is 3.72. The van der Waals surface area contributed by atoms with Crippen molar-refractivity contribution >= 4 is 17.5 Å². The summed E-state index contributed by atoms with van der Waals surface area (Å²) in [6.45, 7) is 0. The van der Waals surface area contributed by atoms with E-state index in [0.717, 1.165) is 24.2 Å². The molecule has 2 aliphatic rings. The average Bonchev–Trinajstić information content (AvgIpc) is 3.17. The Labute approximate surface area is 149 Å². The molecular weight excluding hydrogens is 336 g/mol. The number of aromatic nitrogens is 2. The zero-order chi connectivity index (χ0) is 16.9. The predicted molar refractivity (Wildman–Crippen MR) is 95.0 cm³/mol. The SMILES string of the molecule is C1=CCCC(C2=COC=C(c3nnc(SCc4ccccc4)o3)O2)=C1. The third-order valence-corrected chi connectivity index (χ3v) is 4.61. The van der Waals surface area contributed by atoms with E-state index in [0.29, 0.717) is 22.6 Å². The van der Waals surface area contributed by atoms with Crippen LogP contribution in [0, 0.1) is 0 Å². The zero-order valence-corrected chi connectivity index (χ0v) is 14.2. The van der Waals surface area contributed by atoms with Gasteiger partial charge >= 0.3 is 0 Å². The fraction of sp³-hybridized carbons (Fsp3) is 0.158. The number of benzene rings is 1. The van der Waals surface area contributed by atoms with Crippen LogP contribution in [0.25, 0.3) is 5.76 Å². The Kier molecular flexibility index (Phi) is 4.70. The van der Waals surface area contributed by atoms with Crippen LogP contribution in [0.3, 0.4) is 0 Å². The van der Waals surface area contributed by atoms with Crippen LogP contribution in [0.2, 0.25) is 0 Å². The van der Waals surface area contributed by atoms with E-state index >= 15 is 0 Å².